The number of fused-ring (bicyclic) bond motifs is 1. The summed E-state index contributed by atoms with van der Waals surface area (Å²) in [5.41, 5.74) is 6.85. The maximum absolute atomic E-state index is 9.23. The van der Waals surface area contributed by atoms with Crippen molar-refractivity contribution in [2.75, 3.05) is 36.0 Å². The molecule has 0 spiro atoms. The molecule has 0 N–H and O–H groups in total. The lowest BCUT2D eigenvalue weighted by atomic mass is 10.0. The molecule has 1 atom stereocenters. The maximum Gasteiger partial charge on any atom is 0.166 e. The molecule has 162 valence electrons. The topological polar surface area (TPSA) is 91.1 Å². The molecule has 5 rings (SSSR count). The van der Waals surface area contributed by atoms with Crippen LogP contribution in [0, 0.1) is 25.2 Å². The van der Waals surface area contributed by atoms with Crippen LogP contribution in [0.3, 0.4) is 0 Å². The molecule has 8 heteroatoms. The van der Waals surface area contributed by atoms with E-state index in [0.717, 1.165) is 66.5 Å². The van der Waals surface area contributed by atoms with Gasteiger partial charge in [0.05, 0.1) is 18.5 Å². The minimum atomic E-state index is 0.00419. The normalized spacial score (nSPS) is 18.2. The summed E-state index contributed by atoms with van der Waals surface area (Å²) in [6.45, 7) is 7.78. The van der Waals surface area contributed by atoms with Crippen molar-refractivity contribution in [3.05, 3.63) is 70.4 Å². The van der Waals surface area contributed by atoms with Crippen LogP contribution < -0.4 is 9.80 Å². The molecule has 3 aromatic rings. The van der Waals surface area contributed by atoms with E-state index >= 15 is 0 Å². The summed E-state index contributed by atoms with van der Waals surface area (Å²) in [4.78, 5) is 13.6. The van der Waals surface area contributed by atoms with Crippen LogP contribution in [0.15, 0.2) is 36.8 Å². The fraction of sp³-hybridized carbons (Fsp3) is 0.375. The summed E-state index contributed by atoms with van der Waals surface area (Å²) < 4.78 is 6.00. The summed E-state index contributed by atoms with van der Waals surface area (Å²) in [5, 5.41) is 17.7. The van der Waals surface area contributed by atoms with Gasteiger partial charge in [0.25, 0.3) is 0 Å². The fourth-order valence-corrected chi connectivity index (χ4v) is 4.42. The van der Waals surface area contributed by atoms with Crippen LogP contribution in [0.25, 0.3) is 0 Å². The van der Waals surface area contributed by atoms with E-state index in [9.17, 15) is 5.26 Å². The molecule has 0 aromatic carbocycles. The first-order chi connectivity index (χ1) is 15.6. The number of rotatable bonds is 3. The Morgan fingerprint density at radius 1 is 1.12 bits per heavy atom. The number of pyridine rings is 2. The molecule has 1 saturated heterocycles. The van der Waals surface area contributed by atoms with Crippen molar-refractivity contribution in [3.63, 3.8) is 0 Å². The number of hydrogen-bond donors (Lipinski definition) is 0. The number of nitriles is 1. The smallest absolute Gasteiger partial charge is 0.166 e. The van der Waals surface area contributed by atoms with E-state index in [1.165, 1.54) is 5.56 Å². The number of aromatic nitrogens is 4. The van der Waals surface area contributed by atoms with Crippen LogP contribution >= 0.6 is 0 Å². The summed E-state index contributed by atoms with van der Waals surface area (Å²) in [7, 11) is 0. The van der Waals surface area contributed by atoms with Gasteiger partial charge >= 0.3 is 0 Å². The minimum absolute atomic E-state index is 0.00419. The van der Waals surface area contributed by atoms with Gasteiger partial charge in [-0.2, -0.15) is 5.26 Å². The molecule has 0 bridgehead atoms. The van der Waals surface area contributed by atoms with E-state index in [-0.39, 0.29) is 6.10 Å². The van der Waals surface area contributed by atoms with Crippen molar-refractivity contribution in [1.29, 1.82) is 5.26 Å². The van der Waals surface area contributed by atoms with Gasteiger partial charge in [-0.05, 0) is 42.7 Å². The third-order valence-electron chi connectivity index (χ3n) is 6.42. The third-order valence-corrected chi connectivity index (χ3v) is 6.42. The Labute approximate surface area is 187 Å². The highest BCUT2D eigenvalue weighted by atomic mass is 16.5. The molecule has 5 heterocycles. The lowest BCUT2D eigenvalue weighted by Crippen LogP contribution is -2.39. The lowest BCUT2D eigenvalue weighted by Gasteiger charge is -2.36. The summed E-state index contributed by atoms with van der Waals surface area (Å²) >= 11 is 0. The molecular weight excluding hydrogens is 402 g/mol. The van der Waals surface area contributed by atoms with E-state index in [1.54, 1.807) is 6.20 Å². The Morgan fingerprint density at radius 2 is 2.03 bits per heavy atom. The van der Waals surface area contributed by atoms with Crippen molar-refractivity contribution in [3.8, 4) is 6.07 Å². The second kappa shape index (κ2) is 8.52. The van der Waals surface area contributed by atoms with Gasteiger partial charge in [-0.15, -0.1) is 10.2 Å². The maximum atomic E-state index is 9.23. The zero-order chi connectivity index (χ0) is 22.1. The highest BCUT2D eigenvalue weighted by Crippen LogP contribution is 2.30. The zero-order valence-corrected chi connectivity index (χ0v) is 18.3. The molecule has 0 amide bonds. The summed E-state index contributed by atoms with van der Waals surface area (Å²) in [6, 6.07) is 8.38. The lowest BCUT2D eigenvalue weighted by molar-refractivity contribution is 0.0395. The van der Waals surface area contributed by atoms with E-state index in [4.69, 9.17) is 9.72 Å². The van der Waals surface area contributed by atoms with Crippen molar-refractivity contribution >= 4 is 11.5 Å². The van der Waals surface area contributed by atoms with Gasteiger partial charge in [0.1, 0.15) is 12.2 Å². The van der Waals surface area contributed by atoms with Gasteiger partial charge < -0.3 is 14.5 Å². The van der Waals surface area contributed by atoms with Crippen LogP contribution in [0.2, 0.25) is 0 Å². The van der Waals surface area contributed by atoms with E-state index in [2.05, 4.69) is 43.2 Å². The highest BCUT2D eigenvalue weighted by molar-refractivity contribution is 5.55. The van der Waals surface area contributed by atoms with Crippen LogP contribution in [0.4, 0.5) is 11.5 Å². The average Bonchev–Trinajstić information content (AvgIpc) is 2.85. The number of anilines is 2. The molecule has 2 aliphatic heterocycles. The molecule has 0 saturated carbocycles. The van der Waals surface area contributed by atoms with Crippen molar-refractivity contribution in [2.24, 2.45) is 0 Å². The standard InChI is InChI=1S/C24H25N7O/c1-16-17(2)24(29-28-22(16)11-25)31-7-5-21-19(14-31)10-20(13-27-21)30-8-9-32-23(15-30)18-4-3-6-26-12-18/h3-4,6,10,12-13,23H,5,7-9,14-15H2,1-2H3. The van der Waals surface area contributed by atoms with E-state index in [1.807, 2.05) is 32.3 Å². The zero-order valence-electron chi connectivity index (χ0n) is 18.3. The number of ether oxygens (including phenoxy) is 1. The van der Waals surface area contributed by atoms with Gasteiger partial charge in [0.2, 0.25) is 0 Å². The van der Waals surface area contributed by atoms with Crippen LogP contribution in [-0.4, -0.2) is 46.4 Å². The first-order valence-electron chi connectivity index (χ1n) is 10.9. The monoisotopic (exact) mass is 427 g/mol. The largest absolute Gasteiger partial charge is 0.370 e. The van der Waals surface area contributed by atoms with Gasteiger partial charge in [0, 0.05) is 56.3 Å². The molecule has 32 heavy (non-hydrogen) atoms. The molecule has 0 aliphatic carbocycles. The Hall–Kier alpha value is -3.57. The fourth-order valence-electron chi connectivity index (χ4n) is 4.42. The second-order valence-electron chi connectivity index (χ2n) is 8.30. The van der Waals surface area contributed by atoms with Gasteiger partial charge in [-0.1, -0.05) is 6.07 Å². The number of hydrogen-bond acceptors (Lipinski definition) is 8. The molecule has 8 nitrogen and oxygen atoms in total. The van der Waals surface area contributed by atoms with Crippen molar-refractivity contribution in [1.82, 2.24) is 20.2 Å². The van der Waals surface area contributed by atoms with Gasteiger partial charge in [-0.25, -0.2) is 0 Å². The Balaban J connectivity index is 1.37. The molecule has 3 aromatic heterocycles. The first-order valence-corrected chi connectivity index (χ1v) is 10.9. The van der Waals surface area contributed by atoms with Gasteiger partial charge in [0.15, 0.2) is 11.5 Å². The van der Waals surface area contributed by atoms with E-state index < -0.39 is 0 Å². The first kappa shape index (κ1) is 20.3. The Kier molecular flexibility index (Phi) is 5.41. The van der Waals surface area contributed by atoms with Crippen molar-refractivity contribution in [2.45, 2.75) is 32.9 Å². The molecule has 2 aliphatic rings. The predicted molar refractivity (Wildman–Crippen MR) is 120 cm³/mol. The van der Waals surface area contributed by atoms with Crippen molar-refractivity contribution < 1.29 is 4.74 Å². The Bertz CT molecular complexity index is 1170. The molecule has 1 fully saturated rings. The summed E-state index contributed by atoms with van der Waals surface area (Å²) in [5.74, 6) is 0.848. The highest BCUT2D eigenvalue weighted by Gasteiger charge is 2.26. The molecular formula is C24H25N7O. The summed E-state index contributed by atoms with van der Waals surface area (Å²) in [6.07, 6.45) is 6.50. The molecule has 1 unspecified atom stereocenters. The van der Waals surface area contributed by atoms with E-state index in [0.29, 0.717) is 12.3 Å². The SMILES string of the molecule is Cc1c(C#N)nnc(N2CCc3ncc(N4CCOC(c5cccnc5)C4)cc3C2)c1C. The number of nitrogens with zero attached hydrogens (tertiary/aromatic N) is 7. The van der Waals surface area contributed by atoms with Gasteiger partial charge in [-0.3, -0.25) is 9.97 Å². The quantitative estimate of drug-likeness (QED) is 0.630. The second-order valence-corrected chi connectivity index (χ2v) is 8.30. The minimum Gasteiger partial charge on any atom is -0.370 e. The predicted octanol–water partition coefficient (Wildman–Crippen LogP) is 2.90. The third kappa shape index (κ3) is 3.76. The Morgan fingerprint density at radius 3 is 2.84 bits per heavy atom. The van der Waals surface area contributed by atoms with Crippen LogP contribution in [0.1, 0.15) is 39.7 Å². The van der Waals surface area contributed by atoms with Crippen LogP contribution in [-0.2, 0) is 17.7 Å². The number of morpholine rings is 1. The molecule has 0 radical (unpaired) electrons. The van der Waals surface area contributed by atoms with Crippen LogP contribution in [0.5, 0.6) is 0 Å². The average molecular weight is 428 g/mol.